The van der Waals surface area contributed by atoms with Crippen molar-refractivity contribution >= 4 is 21.7 Å². The molecule has 0 radical (unpaired) electrons. The molecule has 2 aliphatic rings. The van der Waals surface area contributed by atoms with Crippen LogP contribution in [0.2, 0.25) is 0 Å². The van der Waals surface area contributed by atoms with Gasteiger partial charge in [-0.3, -0.25) is 19.8 Å². The lowest BCUT2D eigenvalue weighted by Crippen LogP contribution is -2.54. The molecular formula is C24H29N3O6S. The Bertz CT molecular complexity index is 1120. The zero-order chi connectivity index (χ0) is 24.2. The minimum Gasteiger partial charge on any atom is -0.381 e. The second-order valence-electron chi connectivity index (χ2n) is 8.75. The lowest BCUT2D eigenvalue weighted by Gasteiger charge is -2.34. The summed E-state index contributed by atoms with van der Waals surface area (Å²) in [5.74, 6) is -0.839. The van der Waals surface area contributed by atoms with Crippen molar-refractivity contribution in [3.63, 3.8) is 0 Å². The summed E-state index contributed by atoms with van der Waals surface area (Å²) in [7, 11) is -4.08. The highest BCUT2D eigenvalue weighted by atomic mass is 32.2. The number of amides is 2. The van der Waals surface area contributed by atoms with Crippen LogP contribution in [0, 0.1) is 0 Å². The van der Waals surface area contributed by atoms with Crippen molar-refractivity contribution in [3.05, 3.63) is 48.2 Å². The zero-order valence-corrected chi connectivity index (χ0v) is 19.7. The van der Waals surface area contributed by atoms with Gasteiger partial charge < -0.3 is 9.64 Å². The quantitative estimate of drug-likeness (QED) is 0.472. The van der Waals surface area contributed by atoms with E-state index in [-0.39, 0.29) is 36.9 Å². The Labute approximate surface area is 199 Å². The fourth-order valence-electron chi connectivity index (χ4n) is 4.58. The summed E-state index contributed by atoms with van der Waals surface area (Å²) in [6.45, 7) is 1.85. The monoisotopic (exact) mass is 487 g/mol. The molecule has 2 N–H and O–H groups in total. The predicted octanol–water partition coefficient (Wildman–Crippen LogP) is 2.13. The molecule has 2 saturated heterocycles. The fraction of sp³-hybridized carbons (Fsp3) is 0.458. The van der Waals surface area contributed by atoms with Gasteiger partial charge in [-0.15, -0.1) is 0 Å². The zero-order valence-electron chi connectivity index (χ0n) is 18.9. The summed E-state index contributed by atoms with van der Waals surface area (Å²) in [5, 5.41) is 9.17. The molecule has 9 nitrogen and oxygen atoms in total. The average molecular weight is 488 g/mol. The summed E-state index contributed by atoms with van der Waals surface area (Å²) >= 11 is 0. The molecule has 2 amide bonds. The molecule has 182 valence electrons. The van der Waals surface area contributed by atoms with Gasteiger partial charge in [0.25, 0.3) is 5.91 Å². The van der Waals surface area contributed by atoms with Gasteiger partial charge in [-0.2, -0.15) is 0 Å². The fourth-order valence-corrected chi connectivity index (χ4v) is 6.52. The summed E-state index contributed by atoms with van der Waals surface area (Å²) in [6, 6.07) is 9.83. The standard InChI is InChI=1S/C24H29N3O6S/c28-22(27-12-2-1-3-13-27)16-18-4-9-21(25-17-18)19-5-7-20(8-6-19)34(31,32)24(23(29)26-30)10-14-33-15-11-24/h4-9,17,30H,1-3,10-16H2,(H,26,29). The first-order valence-electron chi connectivity index (χ1n) is 11.5. The van der Waals surface area contributed by atoms with Crippen molar-refractivity contribution in [2.24, 2.45) is 0 Å². The summed E-state index contributed by atoms with van der Waals surface area (Å²) in [4.78, 5) is 31.2. The minimum absolute atomic E-state index is 0.00880. The number of nitrogens with one attached hydrogen (secondary N) is 1. The molecule has 0 aliphatic carbocycles. The van der Waals surface area contributed by atoms with E-state index in [4.69, 9.17) is 9.94 Å². The van der Waals surface area contributed by atoms with Gasteiger partial charge in [-0.25, -0.2) is 13.9 Å². The molecule has 2 fully saturated rings. The third-order valence-corrected chi connectivity index (χ3v) is 9.19. The van der Waals surface area contributed by atoms with Gasteiger partial charge in [0.05, 0.1) is 17.0 Å². The van der Waals surface area contributed by atoms with Crippen molar-refractivity contribution < 1.29 is 28.0 Å². The lowest BCUT2D eigenvalue weighted by atomic mass is 9.98. The molecule has 0 unspecified atom stereocenters. The number of nitrogens with zero attached hydrogens (tertiary/aromatic N) is 2. The normalized spacial score (nSPS) is 18.3. The number of likely N-dealkylation sites (tertiary alicyclic amines) is 1. The smallest absolute Gasteiger partial charge is 0.265 e. The van der Waals surface area contributed by atoms with Crippen LogP contribution in [-0.2, 0) is 30.6 Å². The van der Waals surface area contributed by atoms with Crippen LogP contribution < -0.4 is 5.48 Å². The van der Waals surface area contributed by atoms with Crippen LogP contribution in [0.5, 0.6) is 0 Å². The van der Waals surface area contributed by atoms with Crippen molar-refractivity contribution in [3.8, 4) is 11.3 Å². The Hall–Kier alpha value is -2.82. The summed E-state index contributed by atoms with van der Waals surface area (Å²) in [6.07, 6.45) is 5.17. The predicted molar refractivity (Wildman–Crippen MR) is 124 cm³/mol. The molecule has 0 bridgehead atoms. The van der Waals surface area contributed by atoms with E-state index in [1.807, 2.05) is 17.0 Å². The molecule has 0 saturated carbocycles. The van der Waals surface area contributed by atoms with Crippen LogP contribution in [0.1, 0.15) is 37.7 Å². The topological polar surface area (TPSA) is 126 Å². The third-order valence-electron chi connectivity index (χ3n) is 6.68. The number of sulfone groups is 1. The van der Waals surface area contributed by atoms with E-state index in [1.54, 1.807) is 18.3 Å². The Morgan fingerprint density at radius 1 is 1.03 bits per heavy atom. The Morgan fingerprint density at radius 3 is 2.29 bits per heavy atom. The number of ether oxygens (including phenoxy) is 1. The molecule has 2 aromatic rings. The second kappa shape index (κ2) is 10.2. The number of rotatable bonds is 6. The minimum atomic E-state index is -4.08. The maximum atomic E-state index is 13.4. The average Bonchev–Trinajstić information content (AvgIpc) is 2.89. The van der Waals surface area contributed by atoms with Crippen molar-refractivity contribution in [2.75, 3.05) is 26.3 Å². The Morgan fingerprint density at radius 2 is 1.71 bits per heavy atom. The number of benzene rings is 1. The number of pyridine rings is 1. The molecule has 3 heterocycles. The van der Waals surface area contributed by atoms with E-state index in [2.05, 4.69) is 4.98 Å². The molecule has 10 heteroatoms. The molecule has 1 aromatic carbocycles. The number of hydrogen-bond acceptors (Lipinski definition) is 7. The van der Waals surface area contributed by atoms with Crippen molar-refractivity contribution in [1.29, 1.82) is 0 Å². The maximum absolute atomic E-state index is 13.4. The van der Waals surface area contributed by atoms with Gasteiger partial charge in [0, 0.05) is 38.1 Å². The first kappa shape index (κ1) is 24.3. The van der Waals surface area contributed by atoms with E-state index >= 15 is 0 Å². The third kappa shape index (κ3) is 4.70. The maximum Gasteiger partial charge on any atom is 0.265 e. The molecule has 2 aliphatic heterocycles. The van der Waals surface area contributed by atoms with Gasteiger partial charge in [0.1, 0.15) is 0 Å². The molecule has 4 rings (SSSR count). The van der Waals surface area contributed by atoms with E-state index in [0.717, 1.165) is 31.5 Å². The molecule has 0 atom stereocenters. The SMILES string of the molecule is O=C(Cc1ccc(-c2ccc(S(=O)(=O)C3(C(=O)NO)CCOCC3)cc2)nc1)N1CCCCC1. The van der Waals surface area contributed by atoms with Crippen LogP contribution in [0.4, 0.5) is 0 Å². The van der Waals surface area contributed by atoms with Crippen molar-refractivity contribution in [1.82, 2.24) is 15.4 Å². The number of carbonyl (C=O) groups is 2. The Kier molecular flexibility index (Phi) is 7.30. The van der Waals surface area contributed by atoms with Crippen LogP contribution in [0.15, 0.2) is 47.5 Å². The van der Waals surface area contributed by atoms with Crippen LogP contribution in [0.25, 0.3) is 11.3 Å². The van der Waals surface area contributed by atoms with Gasteiger partial charge >= 0.3 is 0 Å². The number of piperidine rings is 1. The molecule has 34 heavy (non-hydrogen) atoms. The molecule has 0 spiro atoms. The number of hydroxylamine groups is 1. The first-order valence-corrected chi connectivity index (χ1v) is 13.0. The van der Waals surface area contributed by atoms with Gasteiger partial charge in [0.2, 0.25) is 5.91 Å². The van der Waals surface area contributed by atoms with E-state index in [1.165, 1.54) is 24.0 Å². The summed E-state index contributed by atoms with van der Waals surface area (Å²) < 4.78 is 30.2. The molecular weight excluding hydrogens is 458 g/mol. The molecule has 1 aromatic heterocycles. The highest BCUT2D eigenvalue weighted by Gasteiger charge is 2.52. The number of carbonyl (C=O) groups excluding carboxylic acids is 2. The van der Waals surface area contributed by atoms with E-state index < -0.39 is 20.5 Å². The van der Waals surface area contributed by atoms with Gasteiger partial charge in [0.15, 0.2) is 14.6 Å². The first-order chi connectivity index (χ1) is 16.4. The van der Waals surface area contributed by atoms with Gasteiger partial charge in [-0.05, 0) is 55.9 Å². The van der Waals surface area contributed by atoms with E-state index in [9.17, 15) is 18.0 Å². The largest absolute Gasteiger partial charge is 0.381 e. The Balaban J connectivity index is 1.49. The van der Waals surface area contributed by atoms with Crippen LogP contribution in [0.3, 0.4) is 0 Å². The number of aromatic nitrogens is 1. The lowest BCUT2D eigenvalue weighted by molar-refractivity contribution is -0.134. The van der Waals surface area contributed by atoms with Crippen LogP contribution in [-0.4, -0.2) is 66.4 Å². The highest BCUT2D eigenvalue weighted by molar-refractivity contribution is 7.93. The second-order valence-corrected chi connectivity index (χ2v) is 11.0. The highest BCUT2D eigenvalue weighted by Crippen LogP contribution is 2.36. The van der Waals surface area contributed by atoms with Crippen LogP contribution >= 0.6 is 0 Å². The van der Waals surface area contributed by atoms with E-state index in [0.29, 0.717) is 17.7 Å². The summed E-state index contributed by atoms with van der Waals surface area (Å²) in [5.41, 5.74) is 3.70. The number of hydrogen-bond donors (Lipinski definition) is 2. The van der Waals surface area contributed by atoms with Crippen molar-refractivity contribution in [2.45, 2.75) is 48.2 Å². The van der Waals surface area contributed by atoms with Gasteiger partial charge in [-0.1, -0.05) is 18.2 Å².